The summed E-state index contributed by atoms with van der Waals surface area (Å²) in [4.78, 5) is 4.18. The molecule has 21 heavy (non-hydrogen) atoms. The molecular weight excluding hydrogens is 277 g/mol. The first kappa shape index (κ1) is 15.5. The molecule has 0 saturated carbocycles. The average molecular weight is 294 g/mol. The Hall–Kier alpha value is -1.88. The topological polar surface area (TPSA) is 24.9 Å². The fraction of sp³-hybridized carbons (Fsp3) is 0.312. The second-order valence-electron chi connectivity index (χ2n) is 4.93. The SMILES string of the molecule is C[C@H](NC(CC(F)(F)F)c1ccccc1)c1ccccn1. The van der Waals surface area contributed by atoms with E-state index in [-0.39, 0.29) is 6.04 Å². The molecular formula is C16H17F3N2. The summed E-state index contributed by atoms with van der Waals surface area (Å²) in [7, 11) is 0. The molecule has 0 aliphatic rings. The van der Waals surface area contributed by atoms with Gasteiger partial charge in [0.1, 0.15) is 0 Å². The first-order valence-corrected chi connectivity index (χ1v) is 6.74. The minimum absolute atomic E-state index is 0.265. The third kappa shape index (κ3) is 4.86. The molecule has 0 bridgehead atoms. The van der Waals surface area contributed by atoms with Crippen molar-refractivity contribution in [3.63, 3.8) is 0 Å². The molecule has 0 fully saturated rings. The van der Waals surface area contributed by atoms with Gasteiger partial charge in [-0.2, -0.15) is 13.2 Å². The predicted octanol–water partition coefficient (Wildman–Crippen LogP) is 4.43. The van der Waals surface area contributed by atoms with Crippen LogP contribution in [-0.4, -0.2) is 11.2 Å². The van der Waals surface area contributed by atoms with Crippen molar-refractivity contribution in [2.75, 3.05) is 0 Å². The number of halogens is 3. The highest BCUT2D eigenvalue weighted by Gasteiger charge is 2.33. The van der Waals surface area contributed by atoms with Gasteiger partial charge in [-0.25, -0.2) is 0 Å². The van der Waals surface area contributed by atoms with E-state index in [0.29, 0.717) is 5.56 Å². The number of nitrogens with zero attached hydrogens (tertiary/aromatic N) is 1. The number of alkyl halides is 3. The number of hydrogen-bond acceptors (Lipinski definition) is 2. The van der Waals surface area contributed by atoms with E-state index >= 15 is 0 Å². The van der Waals surface area contributed by atoms with Crippen molar-refractivity contribution in [1.29, 1.82) is 0 Å². The van der Waals surface area contributed by atoms with E-state index in [0.717, 1.165) is 5.69 Å². The van der Waals surface area contributed by atoms with Gasteiger partial charge < -0.3 is 5.32 Å². The molecule has 112 valence electrons. The molecule has 0 amide bonds. The van der Waals surface area contributed by atoms with E-state index < -0.39 is 18.6 Å². The first-order chi connectivity index (χ1) is 9.96. The van der Waals surface area contributed by atoms with Crippen LogP contribution in [0.3, 0.4) is 0 Å². The van der Waals surface area contributed by atoms with Crippen molar-refractivity contribution < 1.29 is 13.2 Å². The molecule has 1 heterocycles. The summed E-state index contributed by atoms with van der Waals surface area (Å²) < 4.78 is 38.4. The van der Waals surface area contributed by atoms with Crippen LogP contribution in [0.15, 0.2) is 54.7 Å². The number of aromatic nitrogens is 1. The second kappa shape index (κ2) is 6.72. The molecule has 5 heteroatoms. The lowest BCUT2D eigenvalue weighted by atomic mass is 10.0. The van der Waals surface area contributed by atoms with Crippen molar-refractivity contribution in [3.05, 3.63) is 66.0 Å². The molecule has 0 radical (unpaired) electrons. The number of rotatable bonds is 5. The van der Waals surface area contributed by atoms with Crippen LogP contribution >= 0.6 is 0 Å². The van der Waals surface area contributed by atoms with Gasteiger partial charge in [0.25, 0.3) is 0 Å². The summed E-state index contributed by atoms with van der Waals surface area (Å²) >= 11 is 0. The lowest BCUT2D eigenvalue weighted by molar-refractivity contribution is -0.140. The Kier molecular flexibility index (Phi) is 4.96. The lowest BCUT2D eigenvalue weighted by Gasteiger charge is -2.24. The number of hydrogen-bond donors (Lipinski definition) is 1. The van der Waals surface area contributed by atoms with Crippen molar-refractivity contribution in [3.8, 4) is 0 Å². The summed E-state index contributed by atoms with van der Waals surface area (Å²) in [6.45, 7) is 1.81. The molecule has 2 nitrogen and oxygen atoms in total. The highest BCUT2D eigenvalue weighted by atomic mass is 19.4. The highest BCUT2D eigenvalue weighted by molar-refractivity contribution is 5.20. The van der Waals surface area contributed by atoms with Gasteiger partial charge in [0.15, 0.2) is 0 Å². The highest BCUT2D eigenvalue weighted by Crippen LogP contribution is 2.31. The zero-order chi connectivity index (χ0) is 15.3. The summed E-state index contributed by atoms with van der Waals surface area (Å²) in [6.07, 6.45) is -3.50. The van der Waals surface area contributed by atoms with Gasteiger partial charge in [-0.1, -0.05) is 36.4 Å². The van der Waals surface area contributed by atoms with Crippen LogP contribution in [0.25, 0.3) is 0 Å². The largest absolute Gasteiger partial charge is 0.390 e. The van der Waals surface area contributed by atoms with Crippen LogP contribution < -0.4 is 5.32 Å². The van der Waals surface area contributed by atoms with Gasteiger partial charge in [-0.15, -0.1) is 0 Å². The molecule has 0 aliphatic heterocycles. The van der Waals surface area contributed by atoms with Crippen molar-refractivity contribution in [2.24, 2.45) is 0 Å². The smallest absolute Gasteiger partial charge is 0.302 e. The molecule has 2 rings (SSSR count). The zero-order valence-electron chi connectivity index (χ0n) is 11.6. The van der Waals surface area contributed by atoms with Crippen LogP contribution in [-0.2, 0) is 0 Å². The Bertz CT molecular complexity index is 540. The average Bonchev–Trinajstić information content (AvgIpc) is 2.47. The summed E-state index contributed by atoms with van der Waals surface area (Å²) in [5, 5.41) is 3.02. The molecule has 0 aliphatic carbocycles. The van der Waals surface area contributed by atoms with Crippen LogP contribution in [0.4, 0.5) is 13.2 Å². The van der Waals surface area contributed by atoms with Crippen molar-refractivity contribution in [1.82, 2.24) is 10.3 Å². The fourth-order valence-electron chi connectivity index (χ4n) is 2.21. The minimum Gasteiger partial charge on any atom is -0.302 e. The first-order valence-electron chi connectivity index (χ1n) is 6.74. The van der Waals surface area contributed by atoms with Crippen LogP contribution in [0.1, 0.15) is 36.7 Å². The third-order valence-corrected chi connectivity index (χ3v) is 3.22. The van der Waals surface area contributed by atoms with E-state index in [1.165, 1.54) is 0 Å². The van der Waals surface area contributed by atoms with Gasteiger partial charge in [0.2, 0.25) is 0 Å². The standard InChI is InChI=1S/C16H17F3N2/c1-12(14-9-5-6-10-20-14)21-15(11-16(17,18)19)13-7-3-2-4-8-13/h2-10,12,15,21H,11H2,1H3/t12-,15?/m0/s1. The second-order valence-corrected chi connectivity index (χ2v) is 4.93. The van der Waals surface area contributed by atoms with Gasteiger partial charge in [0.05, 0.1) is 12.1 Å². The monoisotopic (exact) mass is 294 g/mol. The normalized spacial score (nSPS) is 14.7. The Morgan fingerprint density at radius 3 is 2.29 bits per heavy atom. The summed E-state index contributed by atoms with van der Waals surface area (Å²) in [5.41, 5.74) is 1.35. The predicted molar refractivity (Wildman–Crippen MR) is 75.6 cm³/mol. The lowest BCUT2D eigenvalue weighted by Crippen LogP contribution is -2.29. The van der Waals surface area contributed by atoms with Gasteiger partial charge >= 0.3 is 6.18 Å². The van der Waals surface area contributed by atoms with Crippen LogP contribution in [0.2, 0.25) is 0 Å². The summed E-state index contributed by atoms with van der Waals surface area (Å²) in [6, 6.07) is 13.0. The molecule has 0 saturated heterocycles. The zero-order valence-corrected chi connectivity index (χ0v) is 11.6. The maximum Gasteiger partial charge on any atom is 0.390 e. The number of nitrogens with one attached hydrogen (secondary N) is 1. The van der Waals surface area contributed by atoms with E-state index in [9.17, 15) is 13.2 Å². The number of pyridine rings is 1. The van der Waals surface area contributed by atoms with Crippen molar-refractivity contribution in [2.45, 2.75) is 31.6 Å². The van der Waals surface area contributed by atoms with Crippen molar-refractivity contribution >= 4 is 0 Å². The van der Waals surface area contributed by atoms with Crippen LogP contribution in [0.5, 0.6) is 0 Å². The maximum absolute atomic E-state index is 12.8. The van der Waals surface area contributed by atoms with Crippen LogP contribution in [0, 0.1) is 0 Å². The Balaban J connectivity index is 2.16. The number of benzene rings is 1. The van der Waals surface area contributed by atoms with E-state index in [1.54, 1.807) is 48.7 Å². The molecule has 1 N–H and O–H groups in total. The van der Waals surface area contributed by atoms with E-state index in [4.69, 9.17) is 0 Å². The molecule has 1 unspecified atom stereocenters. The van der Waals surface area contributed by atoms with E-state index in [1.807, 2.05) is 13.0 Å². The Morgan fingerprint density at radius 1 is 1.05 bits per heavy atom. The molecule has 2 atom stereocenters. The quantitative estimate of drug-likeness (QED) is 0.882. The molecule has 0 spiro atoms. The summed E-state index contributed by atoms with van der Waals surface area (Å²) in [5.74, 6) is 0. The van der Waals surface area contributed by atoms with Gasteiger partial charge in [0, 0.05) is 18.3 Å². The Morgan fingerprint density at radius 2 is 1.71 bits per heavy atom. The molecule has 1 aromatic heterocycles. The molecule has 1 aromatic carbocycles. The Labute approximate surface area is 122 Å². The third-order valence-electron chi connectivity index (χ3n) is 3.22. The molecule has 2 aromatic rings. The minimum atomic E-state index is -4.22. The fourth-order valence-corrected chi connectivity index (χ4v) is 2.21. The van der Waals surface area contributed by atoms with E-state index in [2.05, 4.69) is 10.3 Å². The van der Waals surface area contributed by atoms with Gasteiger partial charge in [-0.3, -0.25) is 4.98 Å². The maximum atomic E-state index is 12.8. The van der Waals surface area contributed by atoms with Gasteiger partial charge in [-0.05, 0) is 24.6 Å².